The fourth-order valence-corrected chi connectivity index (χ4v) is 2.17. The highest BCUT2D eigenvalue weighted by Crippen LogP contribution is 2.23. The van der Waals surface area contributed by atoms with Gasteiger partial charge in [0.15, 0.2) is 0 Å². The van der Waals surface area contributed by atoms with Crippen molar-refractivity contribution in [3.05, 3.63) is 28.8 Å². The molecule has 0 heterocycles. The van der Waals surface area contributed by atoms with Gasteiger partial charge in [-0.05, 0) is 83.1 Å². The summed E-state index contributed by atoms with van der Waals surface area (Å²) in [5.41, 5.74) is 4.19. The van der Waals surface area contributed by atoms with Crippen LogP contribution in [0.5, 0.6) is 5.75 Å². The Balaban J connectivity index is 2.72. The highest BCUT2D eigenvalue weighted by Gasteiger charge is 2.06. The second-order valence-electron chi connectivity index (χ2n) is 4.88. The van der Waals surface area contributed by atoms with E-state index in [9.17, 15) is 0 Å². The highest BCUT2D eigenvalue weighted by molar-refractivity contribution is 5.41. The summed E-state index contributed by atoms with van der Waals surface area (Å²) in [5.74, 6) is 0.999. The van der Waals surface area contributed by atoms with Gasteiger partial charge in [-0.25, -0.2) is 0 Å². The van der Waals surface area contributed by atoms with Crippen LogP contribution < -0.4 is 4.74 Å². The standard InChI is InChI=1S/C15H25NO/c1-6-17-14-10-12(2)15(13(3)11-14)8-7-9-16(4)5/h10-11H,6-9H2,1-5H3. The smallest absolute Gasteiger partial charge is 0.119 e. The minimum atomic E-state index is 0.735. The molecule has 0 aliphatic carbocycles. The van der Waals surface area contributed by atoms with Crippen LogP contribution in [0.25, 0.3) is 0 Å². The average Bonchev–Trinajstić information content (AvgIpc) is 2.22. The molecule has 0 amide bonds. The van der Waals surface area contributed by atoms with Crippen LogP contribution >= 0.6 is 0 Å². The molecule has 0 spiro atoms. The number of nitrogens with zero attached hydrogens (tertiary/aromatic N) is 1. The molecule has 2 nitrogen and oxygen atoms in total. The van der Waals surface area contributed by atoms with Gasteiger partial charge in [0.25, 0.3) is 0 Å². The molecular weight excluding hydrogens is 210 g/mol. The Morgan fingerprint density at radius 1 is 1.12 bits per heavy atom. The van der Waals surface area contributed by atoms with Crippen molar-refractivity contribution in [3.8, 4) is 5.75 Å². The third kappa shape index (κ3) is 4.39. The zero-order valence-electron chi connectivity index (χ0n) is 11.8. The molecule has 0 aromatic heterocycles. The molecule has 96 valence electrons. The van der Waals surface area contributed by atoms with E-state index in [0.29, 0.717) is 0 Å². The summed E-state index contributed by atoms with van der Waals surface area (Å²) in [5, 5.41) is 0. The molecule has 0 saturated carbocycles. The third-order valence-electron chi connectivity index (χ3n) is 3.01. The Labute approximate surface area is 106 Å². The molecule has 0 atom stereocenters. The van der Waals surface area contributed by atoms with Gasteiger partial charge in [-0.1, -0.05) is 0 Å². The van der Waals surface area contributed by atoms with E-state index < -0.39 is 0 Å². The Bertz CT molecular complexity index is 335. The van der Waals surface area contributed by atoms with Crippen LogP contribution in [0, 0.1) is 13.8 Å². The molecule has 0 fully saturated rings. The predicted molar refractivity (Wildman–Crippen MR) is 74.0 cm³/mol. The minimum Gasteiger partial charge on any atom is -0.494 e. The van der Waals surface area contributed by atoms with Gasteiger partial charge >= 0.3 is 0 Å². The maximum atomic E-state index is 5.56. The maximum absolute atomic E-state index is 5.56. The molecule has 0 bridgehead atoms. The quantitative estimate of drug-likeness (QED) is 0.751. The van der Waals surface area contributed by atoms with Gasteiger partial charge in [0.1, 0.15) is 5.75 Å². The Kier molecular flexibility index (Phi) is 5.49. The lowest BCUT2D eigenvalue weighted by Crippen LogP contribution is -2.14. The van der Waals surface area contributed by atoms with Gasteiger partial charge in [-0.15, -0.1) is 0 Å². The molecule has 0 saturated heterocycles. The van der Waals surface area contributed by atoms with Gasteiger partial charge in [0, 0.05) is 0 Å². The van der Waals surface area contributed by atoms with Crippen LogP contribution in [-0.2, 0) is 6.42 Å². The summed E-state index contributed by atoms with van der Waals surface area (Å²) in [6.07, 6.45) is 2.37. The first-order valence-corrected chi connectivity index (χ1v) is 6.42. The van der Waals surface area contributed by atoms with Crippen LogP contribution in [-0.4, -0.2) is 32.1 Å². The first kappa shape index (κ1) is 14.0. The molecule has 0 aliphatic rings. The molecule has 0 N–H and O–H groups in total. The van der Waals surface area contributed by atoms with Crippen LogP contribution in [0.1, 0.15) is 30.0 Å². The van der Waals surface area contributed by atoms with Crippen molar-refractivity contribution in [2.45, 2.75) is 33.6 Å². The first-order chi connectivity index (χ1) is 8.04. The minimum absolute atomic E-state index is 0.735. The monoisotopic (exact) mass is 235 g/mol. The molecule has 0 unspecified atom stereocenters. The Hall–Kier alpha value is -1.02. The van der Waals surface area contributed by atoms with Gasteiger partial charge in [0.2, 0.25) is 0 Å². The fourth-order valence-electron chi connectivity index (χ4n) is 2.17. The van der Waals surface area contributed by atoms with Gasteiger partial charge in [0.05, 0.1) is 6.61 Å². The van der Waals surface area contributed by atoms with Crippen molar-refractivity contribution < 1.29 is 4.74 Å². The lowest BCUT2D eigenvalue weighted by molar-refractivity contribution is 0.339. The number of ether oxygens (including phenoxy) is 1. The molecule has 17 heavy (non-hydrogen) atoms. The number of hydrogen-bond donors (Lipinski definition) is 0. The van der Waals surface area contributed by atoms with Crippen molar-refractivity contribution in [2.75, 3.05) is 27.2 Å². The van der Waals surface area contributed by atoms with E-state index in [4.69, 9.17) is 4.74 Å². The lowest BCUT2D eigenvalue weighted by atomic mass is 9.98. The molecular formula is C15H25NO. The molecule has 0 aliphatic heterocycles. The number of rotatable bonds is 6. The summed E-state index contributed by atoms with van der Waals surface area (Å²) < 4.78 is 5.56. The lowest BCUT2D eigenvalue weighted by Gasteiger charge is -2.14. The van der Waals surface area contributed by atoms with E-state index in [2.05, 4.69) is 45.0 Å². The zero-order chi connectivity index (χ0) is 12.8. The zero-order valence-corrected chi connectivity index (χ0v) is 11.8. The Morgan fingerprint density at radius 2 is 1.71 bits per heavy atom. The highest BCUT2D eigenvalue weighted by atomic mass is 16.5. The number of benzene rings is 1. The van der Waals surface area contributed by atoms with Crippen LogP contribution in [0.2, 0.25) is 0 Å². The SMILES string of the molecule is CCOc1cc(C)c(CCCN(C)C)c(C)c1. The second-order valence-corrected chi connectivity index (χ2v) is 4.88. The van der Waals surface area contributed by atoms with E-state index in [1.807, 2.05) is 6.92 Å². The van der Waals surface area contributed by atoms with E-state index in [1.54, 1.807) is 0 Å². The van der Waals surface area contributed by atoms with E-state index in [1.165, 1.54) is 23.1 Å². The van der Waals surface area contributed by atoms with Gasteiger partial charge in [-0.3, -0.25) is 0 Å². The molecule has 2 heteroatoms. The van der Waals surface area contributed by atoms with Crippen LogP contribution in [0.3, 0.4) is 0 Å². The summed E-state index contributed by atoms with van der Waals surface area (Å²) in [6.45, 7) is 8.27. The van der Waals surface area contributed by atoms with Gasteiger partial charge in [-0.2, -0.15) is 0 Å². The number of aryl methyl sites for hydroxylation is 2. The van der Waals surface area contributed by atoms with E-state index in [-0.39, 0.29) is 0 Å². The topological polar surface area (TPSA) is 12.5 Å². The summed E-state index contributed by atoms with van der Waals surface area (Å²) in [7, 11) is 4.25. The largest absolute Gasteiger partial charge is 0.494 e. The fraction of sp³-hybridized carbons (Fsp3) is 0.600. The predicted octanol–water partition coefficient (Wildman–Crippen LogP) is 3.20. The molecule has 1 rings (SSSR count). The first-order valence-electron chi connectivity index (χ1n) is 6.42. The maximum Gasteiger partial charge on any atom is 0.119 e. The second kappa shape index (κ2) is 6.65. The van der Waals surface area contributed by atoms with Crippen LogP contribution in [0.4, 0.5) is 0 Å². The normalized spacial score (nSPS) is 10.9. The van der Waals surface area contributed by atoms with Crippen molar-refractivity contribution in [3.63, 3.8) is 0 Å². The van der Waals surface area contributed by atoms with Crippen molar-refractivity contribution in [1.82, 2.24) is 4.90 Å². The van der Waals surface area contributed by atoms with Crippen molar-refractivity contribution in [2.24, 2.45) is 0 Å². The van der Waals surface area contributed by atoms with E-state index in [0.717, 1.165) is 25.3 Å². The van der Waals surface area contributed by atoms with Crippen molar-refractivity contribution >= 4 is 0 Å². The summed E-state index contributed by atoms with van der Waals surface area (Å²) in [6, 6.07) is 4.31. The Morgan fingerprint density at radius 3 is 2.18 bits per heavy atom. The van der Waals surface area contributed by atoms with Crippen LogP contribution in [0.15, 0.2) is 12.1 Å². The molecule has 0 radical (unpaired) electrons. The average molecular weight is 235 g/mol. The number of hydrogen-bond acceptors (Lipinski definition) is 2. The van der Waals surface area contributed by atoms with Gasteiger partial charge < -0.3 is 9.64 Å². The summed E-state index contributed by atoms with van der Waals surface area (Å²) >= 11 is 0. The molecule has 1 aromatic carbocycles. The molecule has 1 aromatic rings. The van der Waals surface area contributed by atoms with Crippen molar-refractivity contribution in [1.29, 1.82) is 0 Å². The third-order valence-corrected chi connectivity index (χ3v) is 3.01. The summed E-state index contributed by atoms with van der Waals surface area (Å²) in [4.78, 5) is 2.24. The van der Waals surface area contributed by atoms with E-state index >= 15 is 0 Å².